The number of hydrogen-bond donors (Lipinski definition) is 2. The first-order valence-electron chi connectivity index (χ1n) is 5.42. The molecule has 0 bridgehead atoms. The van der Waals surface area contributed by atoms with Crippen LogP contribution in [-0.2, 0) is 10.1 Å². The number of carbonyl (C=O) groups is 1. The molecule has 7 nitrogen and oxygen atoms in total. The standard InChI is InChI=1S/C12H10N2O5S/c15-12(9-4-2-1-3-5-9)14-13-8-10-6-7-11(19-10)20(16,17)18/h1-8H,(H,14,15)(H,16,17,18)/b13-8-. The zero-order chi connectivity index (χ0) is 14.6. The van der Waals surface area contributed by atoms with Gasteiger partial charge in [-0.3, -0.25) is 9.35 Å². The van der Waals surface area contributed by atoms with Crippen molar-refractivity contribution in [2.45, 2.75) is 5.09 Å². The van der Waals surface area contributed by atoms with Crippen molar-refractivity contribution >= 4 is 22.2 Å². The Kier molecular flexibility index (Phi) is 3.97. The van der Waals surface area contributed by atoms with Gasteiger partial charge in [0.05, 0.1) is 6.21 Å². The molecule has 2 rings (SSSR count). The maximum Gasteiger partial charge on any atom is 0.328 e. The van der Waals surface area contributed by atoms with E-state index in [1.54, 1.807) is 30.3 Å². The highest BCUT2D eigenvalue weighted by Crippen LogP contribution is 2.11. The van der Waals surface area contributed by atoms with E-state index in [1.165, 1.54) is 6.07 Å². The van der Waals surface area contributed by atoms with Crippen LogP contribution in [0.2, 0.25) is 0 Å². The smallest absolute Gasteiger partial charge is 0.328 e. The van der Waals surface area contributed by atoms with Crippen LogP contribution in [0.5, 0.6) is 0 Å². The van der Waals surface area contributed by atoms with Gasteiger partial charge in [0.2, 0.25) is 5.09 Å². The lowest BCUT2D eigenvalue weighted by Gasteiger charge is -1.97. The molecule has 8 heteroatoms. The summed E-state index contributed by atoms with van der Waals surface area (Å²) >= 11 is 0. The Balaban J connectivity index is 2.01. The SMILES string of the molecule is O=C(N/N=C\c1ccc(S(=O)(=O)O)o1)c1ccccc1. The number of hydrogen-bond acceptors (Lipinski definition) is 5. The Bertz CT molecular complexity index is 734. The van der Waals surface area contributed by atoms with Crippen molar-refractivity contribution in [3.05, 3.63) is 53.8 Å². The summed E-state index contributed by atoms with van der Waals surface area (Å²) in [4.78, 5) is 11.6. The molecular formula is C12H10N2O5S. The molecule has 2 aromatic rings. The third-order valence-electron chi connectivity index (χ3n) is 2.25. The quantitative estimate of drug-likeness (QED) is 0.501. The van der Waals surface area contributed by atoms with E-state index in [4.69, 9.17) is 8.97 Å². The van der Waals surface area contributed by atoms with E-state index in [9.17, 15) is 13.2 Å². The molecule has 0 spiro atoms. The molecule has 0 aliphatic carbocycles. The molecule has 1 aromatic carbocycles. The van der Waals surface area contributed by atoms with Crippen molar-refractivity contribution in [2.24, 2.45) is 5.10 Å². The molecule has 0 aliphatic heterocycles. The van der Waals surface area contributed by atoms with Crippen LogP contribution in [0.1, 0.15) is 16.1 Å². The van der Waals surface area contributed by atoms with E-state index in [0.717, 1.165) is 12.3 Å². The summed E-state index contributed by atoms with van der Waals surface area (Å²) in [6.07, 6.45) is 1.12. The van der Waals surface area contributed by atoms with Gasteiger partial charge >= 0.3 is 10.1 Å². The lowest BCUT2D eigenvalue weighted by atomic mass is 10.2. The molecule has 1 heterocycles. The number of carbonyl (C=O) groups excluding carboxylic acids is 1. The van der Waals surface area contributed by atoms with Crippen LogP contribution >= 0.6 is 0 Å². The van der Waals surface area contributed by atoms with Crippen LogP contribution in [0.25, 0.3) is 0 Å². The van der Waals surface area contributed by atoms with Gasteiger partial charge in [0.25, 0.3) is 5.91 Å². The normalized spacial score (nSPS) is 11.7. The number of furan rings is 1. The minimum absolute atomic E-state index is 0.0750. The first-order valence-corrected chi connectivity index (χ1v) is 6.86. The van der Waals surface area contributed by atoms with Gasteiger partial charge < -0.3 is 4.42 Å². The molecule has 1 amide bonds. The van der Waals surface area contributed by atoms with Crippen LogP contribution in [0.4, 0.5) is 0 Å². The fraction of sp³-hybridized carbons (Fsp3) is 0. The molecule has 2 N–H and O–H groups in total. The van der Waals surface area contributed by atoms with Crippen molar-refractivity contribution in [3.8, 4) is 0 Å². The fourth-order valence-electron chi connectivity index (χ4n) is 1.35. The Morgan fingerprint density at radius 3 is 2.50 bits per heavy atom. The van der Waals surface area contributed by atoms with Crippen LogP contribution in [0.3, 0.4) is 0 Å². The largest absolute Gasteiger partial charge is 0.441 e. The summed E-state index contributed by atoms with van der Waals surface area (Å²) in [5.74, 6) is -0.339. The van der Waals surface area contributed by atoms with Gasteiger partial charge in [-0.15, -0.1) is 0 Å². The van der Waals surface area contributed by atoms with E-state index in [2.05, 4.69) is 10.5 Å². The maximum atomic E-state index is 11.6. The minimum atomic E-state index is -4.38. The Labute approximate surface area is 114 Å². The second-order valence-electron chi connectivity index (χ2n) is 3.70. The Hall–Kier alpha value is -2.45. The molecule has 1 aromatic heterocycles. The van der Waals surface area contributed by atoms with Gasteiger partial charge in [0.1, 0.15) is 5.76 Å². The molecule has 0 saturated carbocycles. The molecule has 0 saturated heterocycles. The number of benzene rings is 1. The summed E-state index contributed by atoms with van der Waals surface area (Å²) in [5.41, 5.74) is 2.69. The molecule has 0 fully saturated rings. The number of hydrazone groups is 1. The first kappa shape index (κ1) is 14.0. The molecule has 0 radical (unpaired) electrons. The van der Waals surface area contributed by atoms with Gasteiger partial charge in [0, 0.05) is 5.56 Å². The lowest BCUT2D eigenvalue weighted by Crippen LogP contribution is -2.17. The van der Waals surface area contributed by atoms with Gasteiger partial charge in [0.15, 0.2) is 0 Å². The van der Waals surface area contributed by atoms with Crippen molar-refractivity contribution < 1.29 is 22.2 Å². The summed E-state index contributed by atoms with van der Waals surface area (Å²) in [6.45, 7) is 0. The predicted octanol–water partition coefficient (Wildman–Crippen LogP) is 1.29. The van der Waals surface area contributed by atoms with E-state index < -0.39 is 21.1 Å². The highest BCUT2D eigenvalue weighted by atomic mass is 32.2. The zero-order valence-electron chi connectivity index (χ0n) is 10.1. The summed E-state index contributed by atoms with van der Waals surface area (Å²) in [6, 6.07) is 10.8. The van der Waals surface area contributed by atoms with Crippen LogP contribution in [-0.4, -0.2) is 25.1 Å². The number of amides is 1. The topological polar surface area (TPSA) is 109 Å². The van der Waals surface area contributed by atoms with Crippen molar-refractivity contribution in [1.82, 2.24) is 5.43 Å². The van der Waals surface area contributed by atoms with E-state index >= 15 is 0 Å². The minimum Gasteiger partial charge on any atom is -0.441 e. The third-order valence-corrected chi connectivity index (χ3v) is 2.98. The van der Waals surface area contributed by atoms with E-state index in [1.807, 2.05) is 0 Å². The Morgan fingerprint density at radius 1 is 1.20 bits per heavy atom. The monoisotopic (exact) mass is 294 g/mol. The summed E-state index contributed by atoms with van der Waals surface area (Å²) in [7, 11) is -4.38. The van der Waals surface area contributed by atoms with Gasteiger partial charge in [-0.05, 0) is 24.3 Å². The molecule has 104 valence electrons. The van der Waals surface area contributed by atoms with E-state index in [0.29, 0.717) is 5.56 Å². The van der Waals surface area contributed by atoms with Gasteiger partial charge in [-0.25, -0.2) is 5.43 Å². The maximum absolute atomic E-state index is 11.6. The number of rotatable bonds is 4. The number of nitrogens with one attached hydrogen (secondary N) is 1. The van der Waals surface area contributed by atoms with Crippen molar-refractivity contribution in [1.29, 1.82) is 0 Å². The van der Waals surface area contributed by atoms with Crippen LogP contribution in [0, 0.1) is 0 Å². The zero-order valence-corrected chi connectivity index (χ0v) is 10.9. The highest BCUT2D eigenvalue weighted by Gasteiger charge is 2.14. The Morgan fingerprint density at radius 2 is 1.90 bits per heavy atom. The third kappa shape index (κ3) is 3.53. The molecule has 0 aliphatic rings. The molecule has 0 atom stereocenters. The lowest BCUT2D eigenvalue weighted by molar-refractivity contribution is 0.0955. The fourth-order valence-corrected chi connectivity index (χ4v) is 1.79. The summed E-state index contributed by atoms with van der Waals surface area (Å²) < 4.78 is 35.0. The van der Waals surface area contributed by atoms with Crippen molar-refractivity contribution in [3.63, 3.8) is 0 Å². The molecule has 0 unspecified atom stereocenters. The first-order chi connectivity index (χ1) is 9.47. The second kappa shape index (κ2) is 5.68. The van der Waals surface area contributed by atoms with Crippen LogP contribution in [0.15, 0.2) is 57.1 Å². The molecule has 20 heavy (non-hydrogen) atoms. The average molecular weight is 294 g/mol. The second-order valence-corrected chi connectivity index (χ2v) is 5.05. The summed E-state index contributed by atoms with van der Waals surface area (Å²) in [5, 5.41) is 3.03. The predicted molar refractivity (Wildman–Crippen MR) is 70.0 cm³/mol. The highest BCUT2D eigenvalue weighted by molar-refractivity contribution is 7.85. The average Bonchev–Trinajstić information content (AvgIpc) is 2.88. The van der Waals surface area contributed by atoms with Gasteiger partial charge in [-0.1, -0.05) is 18.2 Å². The molecular weight excluding hydrogens is 284 g/mol. The van der Waals surface area contributed by atoms with Crippen LogP contribution < -0.4 is 5.43 Å². The van der Waals surface area contributed by atoms with E-state index in [-0.39, 0.29) is 5.76 Å². The van der Waals surface area contributed by atoms with Crippen molar-refractivity contribution in [2.75, 3.05) is 0 Å². The van der Waals surface area contributed by atoms with Gasteiger partial charge in [-0.2, -0.15) is 13.5 Å². The number of nitrogens with zero attached hydrogens (tertiary/aromatic N) is 1.